The highest BCUT2D eigenvalue weighted by Crippen LogP contribution is 2.48. The van der Waals surface area contributed by atoms with Crippen LogP contribution in [0.2, 0.25) is 0 Å². The zero-order valence-electron chi connectivity index (χ0n) is 11.7. The van der Waals surface area contributed by atoms with Gasteiger partial charge in [-0.05, 0) is 6.92 Å². The Balaban J connectivity index is 2.02. The summed E-state index contributed by atoms with van der Waals surface area (Å²) in [5, 5.41) is 0. The third kappa shape index (κ3) is 3.50. The van der Waals surface area contributed by atoms with Crippen LogP contribution in [0.25, 0.3) is 11.2 Å². The number of fused-ring (bicyclic) bond motifs is 1. The molecule has 0 saturated heterocycles. The van der Waals surface area contributed by atoms with E-state index in [2.05, 4.69) is 24.2 Å². The standard InChI is InChI=1S/C10H16FN6O4P/c1-2-21-22(18,19)9(11)20-4-3-17-5-14-6-7(12)15-10(13)16-8(6)17/h5,9H,2-4H2,1H3,(H,18,19)(H4,12,13,15,16). The molecule has 2 unspecified atom stereocenters. The molecule has 0 bridgehead atoms. The average molecular weight is 334 g/mol. The van der Waals surface area contributed by atoms with Gasteiger partial charge in [0.15, 0.2) is 11.5 Å². The van der Waals surface area contributed by atoms with Gasteiger partial charge in [0.25, 0.3) is 0 Å². The van der Waals surface area contributed by atoms with Crippen LogP contribution in [-0.4, -0.2) is 43.7 Å². The van der Waals surface area contributed by atoms with Gasteiger partial charge < -0.3 is 30.2 Å². The normalized spacial score (nSPS) is 15.8. The van der Waals surface area contributed by atoms with E-state index >= 15 is 0 Å². The fraction of sp³-hybridized carbons (Fsp3) is 0.500. The number of aromatic nitrogens is 4. The molecule has 5 N–H and O–H groups in total. The van der Waals surface area contributed by atoms with E-state index < -0.39 is 13.7 Å². The van der Waals surface area contributed by atoms with Crippen LogP contribution in [0.1, 0.15) is 6.92 Å². The van der Waals surface area contributed by atoms with Crippen molar-refractivity contribution in [2.75, 3.05) is 24.7 Å². The third-order valence-corrected chi connectivity index (χ3v) is 3.96. The van der Waals surface area contributed by atoms with Crippen LogP contribution in [0.3, 0.4) is 0 Å². The van der Waals surface area contributed by atoms with Gasteiger partial charge in [-0.3, -0.25) is 4.57 Å². The third-order valence-electron chi connectivity index (χ3n) is 2.67. The number of anilines is 2. The molecule has 2 aromatic rings. The summed E-state index contributed by atoms with van der Waals surface area (Å²) in [4.78, 5) is 21.0. The molecule has 12 heteroatoms. The second-order valence-corrected chi connectivity index (χ2v) is 6.01. The van der Waals surface area contributed by atoms with E-state index in [4.69, 9.17) is 11.5 Å². The SMILES string of the molecule is CCOP(=O)(O)C(F)OCCn1cnc2c(N)nc(N)nc21. The van der Waals surface area contributed by atoms with Crippen LogP contribution in [-0.2, 0) is 20.4 Å². The number of alkyl halides is 1. The predicted octanol–water partition coefficient (Wildman–Crippen LogP) is 0.482. The summed E-state index contributed by atoms with van der Waals surface area (Å²) in [5.41, 5.74) is 11.9. The molecule has 122 valence electrons. The van der Waals surface area contributed by atoms with E-state index in [1.165, 1.54) is 17.8 Å². The molecule has 2 rings (SSSR count). The second-order valence-electron chi connectivity index (χ2n) is 4.22. The Morgan fingerprint density at radius 3 is 2.91 bits per heavy atom. The van der Waals surface area contributed by atoms with Crippen molar-refractivity contribution >= 4 is 30.5 Å². The van der Waals surface area contributed by atoms with Crippen molar-refractivity contribution in [2.24, 2.45) is 0 Å². The van der Waals surface area contributed by atoms with Gasteiger partial charge in [-0.2, -0.15) is 9.97 Å². The highest BCUT2D eigenvalue weighted by Gasteiger charge is 2.33. The van der Waals surface area contributed by atoms with Crippen molar-refractivity contribution in [2.45, 2.75) is 19.6 Å². The second kappa shape index (κ2) is 6.53. The maximum atomic E-state index is 13.5. The lowest BCUT2D eigenvalue weighted by atomic mass is 10.5. The Kier molecular flexibility index (Phi) is 4.91. The number of ether oxygens (including phenoxy) is 1. The molecule has 22 heavy (non-hydrogen) atoms. The Morgan fingerprint density at radius 1 is 1.50 bits per heavy atom. The van der Waals surface area contributed by atoms with Crippen molar-refractivity contribution in [3.63, 3.8) is 0 Å². The smallest absolute Gasteiger partial charge is 0.382 e. The molecular formula is C10H16FN6O4P. The van der Waals surface area contributed by atoms with Gasteiger partial charge in [0.2, 0.25) is 5.95 Å². The summed E-state index contributed by atoms with van der Waals surface area (Å²) in [6.07, 6.45) is -1.01. The molecule has 10 nitrogen and oxygen atoms in total. The van der Waals surface area contributed by atoms with Gasteiger partial charge >= 0.3 is 13.7 Å². The Morgan fingerprint density at radius 2 is 2.23 bits per heavy atom. The summed E-state index contributed by atoms with van der Waals surface area (Å²) in [6, 6.07) is 0. The molecule has 0 aliphatic heterocycles. The Bertz CT molecular complexity index is 710. The summed E-state index contributed by atoms with van der Waals surface area (Å²) >= 11 is 0. The fourth-order valence-electron chi connectivity index (χ4n) is 1.73. The van der Waals surface area contributed by atoms with Crippen LogP contribution in [0.5, 0.6) is 0 Å². The van der Waals surface area contributed by atoms with Crippen LogP contribution < -0.4 is 11.5 Å². The molecule has 2 atom stereocenters. The lowest BCUT2D eigenvalue weighted by molar-refractivity contribution is -0.00444. The van der Waals surface area contributed by atoms with E-state index in [0.717, 1.165) is 0 Å². The van der Waals surface area contributed by atoms with Crippen molar-refractivity contribution in [1.29, 1.82) is 0 Å². The van der Waals surface area contributed by atoms with Gasteiger partial charge in [-0.15, -0.1) is 0 Å². The fourth-order valence-corrected chi connectivity index (χ4v) is 2.51. The van der Waals surface area contributed by atoms with Gasteiger partial charge in [-0.25, -0.2) is 9.37 Å². The lowest BCUT2D eigenvalue weighted by Gasteiger charge is -2.15. The summed E-state index contributed by atoms with van der Waals surface area (Å²) < 4.78 is 35.5. The molecule has 0 amide bonds. The first kappa shape index (κ1) is 16.6. The summed E-state index contributed by atoms with van der Waals surface area (Å²) in [5.74, 6) is 0.106. The minimum absolute atomic E-state index is 0.0211. The number of nitrogen functional groups attached to an aromatic ring is 2. The number of nitrogens with zero attached hydrogens (tertiary/aromatic N) is 4. The van der Waals surface area contributed by atoms with Crippen molar-refractivity contribution in [3.8, 4) is 0 Å². The molecule has 0 spiro atoms. The van der Waals surface area contributed by atoms with Gasteiger partial charge in [0.05, 0.1) is 19.5 Å². The zero-order chi connectivity index (χ0) is 16.3. The van der Waals surface area contributed by atoms with Gasteiger partial charge in [0.1, 0.15) is 5.52 Å². The number of rotatable bonds is 7. The first-order chi connectivity index (χ1) is 10.3. The highest BCUT2D eigenvalue weighted by atomic mass is 31.2. The molecule has 0 aliphatic rings. The minimum Gasteiger partial charge on any atom is -0.382 e. The average Bonchev–Trinajstić information content (AvgIpc) is 2.82. The number of imidazole rings is 1. The van der Waals surface area contributed by atoms with Gasteiger partial charge in [-0.1, -0.05) is 0 Å². The summed E-state index contributed by atoms with van der Waals surface area (Å²) in [7, 11) is -4.43. The van der Waals surface area contributed by atoms with E-state index in [-0.39, 0.29) is 31.5 Å². The van der Waals surface area contributed by atoms with Crippen molar-refractivity contribution < 1.29 is 23.1 Å². The number of nitrogens with two attached hydrogens (primary N) is 2. The highest BCUT2D eigenvalue weighted by molar-refractivity contribution is 7.53. The lowest BCUT2D eigenvalue weighted by Crippen LogP contribution is -2.14. The number of hydrogen-bond donors (Lipinski definition) is 3. The molecule has 0 aromatic carbocycles. The maximum absolute atomic E-state index is 13.5. The van der Waals surface area contributed by atoms with Crippen molar-refractivity contribution in [1.82, 2.24) is 19.5 Å². The Labute approximate surface area is 124 Å². The van der Waals surface area contributed by atoms with Crippen LogP contribution in [0.15, 0.2) is 6.33 Å². The van der Waals surface area contributed by atoms with E-state index in [9.17, 15) is 13.8 Å². The number of hydrogen-bond acceptors (Lipinski definition) is 8. The predicted molar refractivity (Wildman–Crippen MR) is 76.4 cm³/mol. The maximum Gasteiger partial charge on any atom is 0.389 e. The van der Waals surface area contributed by atoms with E-state index in [1.54, 1.807) is 0 Å². The van der Waals surface area contributed by atoms with Crippen LogP contribution >= 0.6 is 7.60 Å². The largest absolute Gasteiger partial charge is 0.389 e. The monoisotopic (exact) mass is 334 g/mol. The van der Waals surface area contributed by atoms with Crippen molar-refractivity contribution in [3.05, 3.63) is 6.33 Å². The molecule has 0 fully saturated rings. The van der Waals surface area contributed by atoms with E-state index in [0.29, 0.717) is 11.2 Å². The first-order valence-electron chi connectivity index (χ1n) is 6.31. The quantitative estimate of drug-likeness (QED) is 0.614. The minimum atomic E-state index is -4.43. The Hall–Kier alpha value is -1.81. The molecule has 2 aromatic heterocycles. The zero-order valence-corrected chi connectivity index (χ0v) is 12.6. The molecular weight excluding hydrogens is 318 g/mol. The van der Waals surface area contributed by atoms with Crippen LogP contribution in [0.4, 0.5) is 16.2 Å². The van der Waals surface area contributed by atoms with Crippen LogP contribution in [0, 0.1) is 0 Å². The molecule has 0 saturated carbocycles. The molecule has 0 radical (unpaired) electrons. The van der Waals surface area contributed by atoms with Gasteiger partial charge in [0, 0.05) is 6.54 Å². The van der Waals surface area contributed by atoms with E-state index in [1.807, 2.05) is 0 Å². The summed E-state index contributed by atoms with van der Waals surface area (Å²) in [6.45, 7) is 1.30. The number of halogens is 1. The molecule has 0 aliphatic carbocycles. The first-order valence-corrected chi connectivity index (χ1v) is 7.96. The molecule has 2 heterocycles. The topological polar surface area (TPSA) is 151 Å².